The van der Waals surface area contributed by atoms with Gasteiger partial charge in [0.2, 0.25) is 0 Å². The van der Waals surface area contributed by atoms with Crippen LogP contribution in [0.3, 0.4) is 0 Å². The van der Waals surface area contributed by atoms with Crippen molar-refractivity contribution in [3.05, 3.63) is 23.8 Å². The average Bonchev–Trinajstić information content (AvgIpc) is 3.11. The fourth-order valence-electron chi connectivity index (χ4n) is 2.86. The van der Waals surface area contributed by atoms with Gasteiger partial charge >= 0.3 is 0 Å². The van der Waals surface area contributed by atoms with E-state index in [0.29, 0.717) is 5.92 Å². The summed E-state index contributed by atoms with van der Waals surface area (Å²) in [4.78, 5) is 0. The van der Waals surface area contributed by atoms with E-state index in [2.05, 4.69) is 45.3 Å². The number of hydrogen-bond acceptors (Lipinski definition) is 5. The molecule has 0 amide bonds. The molecule has 1 saturated heterocycles. The number of nitrogens with zero attached hydrogens (tertiary/aromatic N) is 5. The maximum atomic E-state index is 4.41. The molecule has 1 N–H and O–H groups in total. The highest BCUT2D eigenvalue weighted by Gasteiger charge is 2.21. The quantitative estimate of drug-likeness (QED) is 0.651. The van der Waals surface area contributed by atoms with Crippen LogP contribution < -0.4 is 5.32 Å². The zero-order valence-corrected chi connectivity index (χ0v) is 14.1. The summed E-state index contributed by atoms with van der Waals surface area (Å²) in [6, 6.07) is 0. The first-order chi connectivity index (χ1) is 10.7. The Labute approximate surface area is 135 Å². The van der Waals surface area contributed by atoms with E-state index in [-0.39, 0.29) is 0 Å². The van der Waals surface area contributed by atoms with Gasteiger partial charge in [0, 0.05) is 38.0 Å². The maximum absolute atomic E-state index is 4.41. The first kappa shape index (κ1) is 15.6. The van der Waals surface area contributed by atoms with Gasteiger partial charge in [-0.05, 0) is 38.3 Å². The van der Waals surface area contributed by atoms with Gasteiger partial charge in [-0.15, -0.1) is 10.2 Å². The van der Waals surface area contributed by atoms with E-state index in [4.69, 9.17) is 0 Å². The Hall–Kier alpha value is -1.34. The van der Waals surface area contributed by atoms with Crippen LogP contribution in [0, 0.1) is 6.92 Å². The molecule has 2 aromatic heterocycles. The van der Waals surface area contributed by atoms with Gasteiger partial charge < -0.3 is 9.88 Å². The number of nitrogens with one attached hydrogen (secondary N) is 1. The molecule has 3 rings (SSSR count). The first-order valence-corrected chi connectivity index (χ1v) is 8.94. The van der Waals surface area contributed by atoms with E-state index >= 15 is 0 Å². The Morgan fingerprint density at radius 3 is 3.05 bits per heavy atom. The summed E-state index contributed by atoms with van der Waals surface area (Å²) in [5.74, 6) is 2.67. The summed E-state index contributed by atoms with van der Waals surface area (Å²) in [5.41, 5.74) is 1.21. The Kier molecular flexibility index (Phi) is 5.15. The number of piperidine rings is 1. The van der Waals surface area contributed by atoms with Crippen LogP contribution in [0.25, 0.3) is 0 Å². The fourth-order valence-corrected chi connectivity index (χ4v) is 3.70. The van der Waals surface area contributed by atoms with Crippen molar-refractivity contribution in [2.75, 3.05) is 18.8 Å². The van der Waals surface area contributed by atoms with Gasteiger partial charge in [-0.2, -0.15) is 5.10 Å². The van der Waals surface area contributed by atoms with Crippen molar-refractivity contribution >= 4 is 11.8 Å². The lowest BCUT2D eigenvalue weighted by atomic mass is 9.99. The lowest BCUT2D eigenvalue weighted by Crippen LogP contribution is -2.29. The van der Waals surface area contributed by atoms with Crippen LogP contribution in [0.5, 0.6) is 0 Å². The number of aromatic nitrogens is 5. The second-order valence-corrected chi connectivity index (χ2v) is 6.99. The minimum Gasteiger partial charge on any atom is -0.316 e. The fraction of sp³-hybridized carbons (Fsp3) is 0.667. The van der Waals surface area contributed by atoms with Crippen LogP contribution in [0.15, 0.2) is 17.6 Å². The second kappa shape index (κ2) is 7.28. The minimum absolute atomic E-state index is 0.507. The molecule has 0 aliphatic carbocycles. The Morgan fingerprint density at radius 2 is 2.32 bits per heavy atom. The SMILES string of the molecule is Cc1cnn(CCCSc2nnc([C@@H]3CCCNC3)n2C)c1. The molecule has 0 unspecified atom stereocenters. The molecule has 1 aliphatic rings. The zero-order valence-electron chi connectivity index (χ0n) is 13.3. The van der Waals surface area contributed by atoms with E-state index in [1.807, 2.05) is 10.9 Å². The van der Waals surface area contributed by atoms with Crippen LogP contribution in [0.4, 0.5) is 0 Å². The summed E-state index contributed by atoms with van der Waals surface area (Å²) >= 11 is 1.79. The standard InChI is InChI=1S/C15H24N6S/c1-12-9-17-21(11-12)7-4-8-22-15-19-18-14(20(15)2)13-5-3-6-16-10-13/h9,11,13,16H,3-8,10H2,1-2H3/t13-/m1/s1. The molecule has 0 saturated carbocycles. The average molecular weight is 320 g/mol. The van der Waals surface area contributed by atoms with Gasteiger partial charge in [0.15, 0.2) is 5.16 Å². The Morgan fingerprint density at radius 1 is 1.41 bits per heavy atom. The molecule has 120 valence electrons. The molecular formula is C15H24N6S. The maximum Gasteiger partial charge on any atom is 0.190 e. The van der Waals surface area contributed by atoms with Gasteiger partial charge in [-0.3, -0.25) is 4.68 Å². The molecule has 3 heterocycles. The first-order valence-electron chi connectivity index (χ1n) is 7.96. The molecule has 0 radical (unpaired) electrons. The normalized spacial score (nSPS) is 18.7. The van der Waals surface area contributed by atoms with Crippen molar-refractivity contribution in [3.8, 4) is 0 Å². The summed E-state index contributed by atoms with van der Waals surface area (Å²) in [6.07, 6.45) is 7.51. The van der Waals surface area contributed by atoms with Gasteiger partial charge in [0.25, 0.3) is 0 Å². The van der Waals surface area contributed by atoms with Gasteiger partial charge in [0.1, 0.15) is 5.82 Å². The summed E-state index contributed by atoms with van der Waals surface area (Å²) in [6.45, 7) is 5.18. The Balaban J connectivity index is 1.49. The lowest BCUT2D eigenvalue weighted by molar-refractivity contribution is 0.436. The van der Waals surface area contributed by atoms with E-state index in [1.54, 1.807) is 11.8 Å². The molecule has 1 aliphatic heterocycles. The van der Waals surface area contributed by atoms with E-state index in [9.17, 15) is 0 Å². The number of rotatable bonds is 6. The van der Waals surface area contributed by atoms with Crippen molar-refractivity contribution in [3.63, 3.8) is 0 Å². The smallest absolute Gasteiger partial charge is 0.190 e. The summed E-state index contributed by atoms with van der Waals surface area (Å²) < 4.78 is 4.17. The predicted molar refractivity (Wildman–Crippen MR) is 88.2 cm³/mol. The number of aryl methyl sites for hydroxylation is 2. The molecule has 22 heavy (non-hydrogen) atoms. The summed E-state index contributed by atoms with van der Waals surface area (Å²) in [5, 5.41) is 17.6. The minimum atomic E-state index is 0.507. The third-order valence-electron chi connectivity index (χ3n) is 4.06. The van der Waals surface area contributed by atoms with Crippen LogP contribution in [-0.2, 0) is 13.6 Å². The third-order valence-corrected chi connectivity index (χ3v) is 5.16. The molecule has 6 nitrogen and oxygen atoms in total. The predicted octanol–water partition coefficient (Wildman–Crippen LogP) is 1.97. The summed E-state index contributed by atoms with van der Waals surface area (Å²) in [7, 11) is 2.09. The van der Waals surface area contributed by atoms with Crippen LogP contribution in [0.2, 0.25) is 0 Å². The number of hydrogen-bond donors (Lipinski definition) is 1. The van der Waals surface area contributed by atoms with Crippen LogP contribution in [-0.4, -0.2) is 43.4 Å². The van der Waals surface area contributed by atoms with E-state index in [1.165, 1.54) is 18.4 Å². The molecule has 2 aromatic rings. The largest absolute Gasteiger partial charge is 0.316 e. The van der Waals surface area contributed by atoms with Crippen LogP contribution >= 0.6 is 11.8 Å². The van der Waals surface area contributed by atoms with Crippen LogP contribution in [0.1, 0.15) is 36.6 Å². The van der Waals surface area contributed by atoms with Gasteiger partial charge in [-0.1, -0.05) is 11.8 Å². The molecule has 0 aromatic carbocycles. The second-order valence-electron chi connectivity index (χ2n) is 5.93. The van der Waals surface area contributed by atoms with Crippen molar-refractivity contribution in [1.82, 2.24) is 29.9 Å². The van der Waals surface area contributed by atoms with Crippen molar-refractivity contribution in [1.29, 1.82) is 0 Å². The monoisotopic (exact) mass is 320 g/mol. The van der Waals surface area contributed by atoms with Crippen molar-refractivity contribution in [2.45, 2.75) is 43.8 Å². The third kappa shape index (κ3) is 3.70. The number of thioether (sulfide) groups is 1. The molecular weight excluding hydrogens is 296 g/mol. The molecule has 1 atom stereocenters. The molecule has 1 fully saturated rings. The van der Waals surface area contributed by atoms with Crippen molar-refractivity contribution < 1.29 is 0 Å². The topological polar surface area (TPSA) is 60.6 Å². The van der Waals surface area contributed by atoms with Gasteiger partial charge in [0.05, 0.1) is 6.20 Å². The highest BCUT2D eigenvalue weighted by Crippen LogP contribution is 2.25. The van der Waals surface area contributed by atoms with E-state index < -0.39 is 0 Å². The van der Waals surface area contributed by atoms with Gasteiger partial charge in [-0.25, -0.2) is 0 Å². The van der Waals surface area contributed by atoms with Crippen molar-refractivity contribution in [2.24, 2.45) is 7.05 Å². The van der Waals surface area contributed by atoms with E-state index in [0.717, 1.165) is 42.8 Å². The Bertz CT molecular complexity index is 599. The molecule has 0 spiro atoms. The zero-order chi connectivity index (χ0) is 15.4. The molecule has 0 bridgehead atoms. The highest BCUT2D eigenvalue weighted by atomic mass is 32.2. The lowest BCUT2D eigenvalue weighted by Gasteiger charge is -2.21. The highest BCUT2D eigenvalue weighted by molar-refractivity contribution is 7.99. The molecule has 7 heteroatoms.